The molecule has 0 aliphatic carbocycles. The van der Waals surface area contributed by atoms with Gasteiger partial charge < -0.3 is 20.7 Å². The standard InChI is InChI=1S/C27H31N3O3/c1-19(2)18-33-25-14-12-23(13-15-25)30-26(31)17-28-24-11-7-10-22(16-24)27(32)29-20(3)21-8-5-4-6-9-21/h4-16,19-20,28H,17-18H2,1-3H3,(H,29,32)(H,30,31). The third kappa shape index (κ3) is 7.68. The molecule has 0 saturated heterocycles. The van der Waals surface area contributed by atoms with E-state index in [0.717, 1.165) is 11.3 Å². The first-order valence-electron chi connectivity index (χ1n) is 11.1. The molecule has 6 heteroatoms. The summed E-state index contributed by atoms with van der Waals surface area (Å²) in [5, 5.41) is 8.92. The van der Waals surface area contributed by atoms with E-state index >= 15 is 0 Å². The molecule has 0 aliphatic rings. The van der Waals surface area contributed by atoms with Crippen molar-refractivity contribution in [3.63, 3.8) is 0 Å². The van der Waals surface area contributed by atoms with Crippen LogP contribution >= 0.6 is 0 Å². The van der Waals surface area contributed by atoms with Gasteiger partial charge in [-0.05, 0) is 60.9 Å². The van der Waals surface area contributed by atoms with Crippen LogP contribution in [0.25, 0.3) is 0 Å². The van der Waals surface area contributed by atoms with Gasteiger partial charge in [0, 0.05) is 16.9 Å². The second-order valence-electron chi connectivity index (χ2n) is 8.32. The summed E-state index contributed by atoms with van der Waals surface area (Å²) in [6.07, 6.45) is 0. The van der Waals surface area contributed by atoms with Gasteiger partial charge in [-0.3, -0.25) is 9.59 Å². The molecule has 0 saturated carbocycles. The van der Waals surface area contributed by atoms with Gasteiger partial charge in [-0.25, -0.2) is 0 Å². The molecule has 33 heavy (non-hydrogen) atoms. The van der Waals surface area contributed by atoms with Gasteiger partial charge in [0.25, 0.3) is 5.91 Å². The minimum atomic E-state index is -0.182. The van der Waals surface area contributed by atoms with Gasteiger partial charge in [0.15, 0.2) is 0 Å². The molecule has 6 nitrogen and oxygen atoms in total. The average molecular weight is 446 g/mol. The Morgan fingerprint density at radius 1 is 0.848 bits per heavy atom. The molecule has 0 bridgehead atoms. The number of hydrogen-bond acceptors (Lipinski definition) is 4. The Balaban J connectivity index is 1.49. The maximum atomic E-state index is 12.6. The highest BCUT2D eigenvalue weighted by molar-refractivity contribution is 5.96. The van der Waals surface area contributed by atoms with Crippen LogP contribution in [0.15, 0.2) is 78.9 Å². The van der Waals surface area contributed by atoms with E-state index in [1.165, 1.54) is 0 Å². The number of nitrogens with one attached hydrogen (secondary N) is 3. The number of anilines is 2. The fraction of sp³-hybridized carbons (Fsp3) is 0.259. The molecule has 0 aliphatic heterocycles. The lowest BCUT2D eigenvalue weighted by Crippen LogP contribution is -2.26. The predicted molar refractivity (Wildman–Crippen MR) is 133 cm³/mol. The normalized spacial score (nSPS) is 11.5. The lowest BCUT2D eigenvalue weighted by atomic mass is 10.1. The third-order valence-corrected chi connectivity index (χ3v) is 4.95. The van der Waals surface area contributed by atoms with Crippen molar-refractivity contribution in [3.05, 3.63) is 90.0 Å². The molecule has 0 aromatic heterocycles. The quantitative estimate of drug-likeness (QED) is 0.398. The molecule has 1 atom stereocenters. The fourth-order valence-electron chi connectivity index (χ4n) is 3.16. The second kappa shape index (κ2) is 11.7. The Bertz CT molecular complexity index is 1050. The number of amides is 2. The summed E-state index contributed by atoms with van der Waals surface area (Å²) in [5.41, 5.74) is 2.96. The molecule has 172 valence electrons. The lowest BCUT2D eigenvalue weighted by Gasteiger charge is -2.15. The van der Waals surface area contributed by atoms with Crippen molar-refractivity contribution >= 4 is 23.2 Å². The van der Waals surface area contributed by atoms with E-state index in [-0.39, 0.29) is 24.4 Å². The van der Waals surface area contributed by atoms with E-state index in [0.29, 0.717) is 29.5 Å². The molecule has 3 rings (SSSR count). The zero-order chi connectivity index (χ0) is 23.6. The van der Waals surface area contributed by atoms with Gasteiger partial charge in [-0.1, -0.05) is 50.2 Å². The van der Waals surface area contributed by atoms with Gasteiger partial charge >= 0.3 is 0 Å². The molecule has 0 fully saturated rings. The van der Waals surface area contributed by atoms with Crippen LogP contribution < -0.4 is 20.7 Å². The van der Waals surface area contributed by atoms with E-state index in [9.17, 15) is 9.59 Å². The van der Waals surface area contributed by atoms with E-state index in [4.69, 9.17) is 4.74 Å². The lowest BCUT2D eigenvalue weighted by molar-refractivity contribution is -0.114. The molecule has 1 unspecified atom stereocenters. The Labute approximate surface area is 195 Å². The summed E-state index contributed by atoms with van der Waals surface area (Å²) in [4.78, 5) is 25.0. The average Bonchev–Trinajstić information content (AvgIpc) is 2.83. The Morgan fingerprint density at radius 2 is 1.58 bits per heavy atom. The summed E-state index contributed by atoms with van der Waals surface area (Å²) < 4.78 is 5.65. The van der Waals surface area contributed by atoms with E-state index < -0.39 is 0 Å². The van der Waals surface area contributed by atoms with Crippen LogP contribution in [0.2, 0.25) is 0 Å². The number of hydrogen-bond donors (Lipinski definition) is 3. The molecule has 3 N–H and O–H groups in total. The van der Waals surface area contributed by atoms with E-state index in [2.05, 4.69) is 29.8 Å². The largest absolute Gasteiger partial charge is 0.493 e. The summed E-state index contributed by atoms with van der Waals surface area (Å²) in [5.74, 6) is 0.876. The van der Waals surface area contributed by atoms with Crippen molar-refractivity contribution in [2.75, 3.05) is 23.8 Å². The van der Waals surface area contributed by atoms with Crippen LogP contribution in [0.4, 0.5) is 11.4 Å². The predicted octanol–water partition coefficient (Wildman–Crippen LogP) is 5.26. The van der Waals surface area contributed by atoms with Crippen LogP contribution in [0.5, 0.6) is 5.75 Å². The van der Waals surface area contributed by atoms with Crippen LogP contribution in [-0.4, -0.2) is 25.0 Å². The molecule has 0 radical (unpaired) electrons. The Hall–Kier alpha value is -3.80. The fourth-order valence-corrected chi connectivity index (χ4v) is 3.16. The highest BCUT2D eigenvalue weighted by Crippen LogP contribution is 2.17. The summed E-state index contributed by atoms with van der Waals surface area (Å²) in [6, 6.07) is 24.1. The maximum Gasteiger partial charge on any atom is 0.251 e. The van der Waals surface area contributed by atoms with Crippen LogP contribution in [0, 0.1) is 5.92 Å². The number of carbonyl (C=O) groups is 2. The zero-order valence-electron chi connectivity index (χ0n) is 19.3. The highest BCUT2D eigenvalue weighted by Gasteiger charge is 2.12. The maximum absolute atomic E-state index is 12.6. The van der Waals surface area contributed by atoms with Crippen LogP contribution in [-0.2, 0) is 4.79 Å². The minimum Gasteiger partial charge on any atom is -0.493 e. The monoisotopic (exact) mass is 445 g/mol. The van der Waals surface area contributed by atoms with E-state index in [1.807, 2.05) is 67.6 Å². The van der Waals surface area contributed by atoms with Gasteiger partial charge in [-0.15, -0.1) is 0 Å². The van der Waals surface area contributed by atoms with Gasteiger partial charge in [-0.2, -0.15) is 0 Å². The van der Waals surface area contributed by atoms with Crippen molar-refractivity contribution in [2.45, 2.75) is 26.8 Å². The Kier molecular flexibility index (Phi) is 8.47. The highest BCUT2D eigenvalue weighted by atomic mass is 16.5. The topological polar surface area (TPSA) is 79.5 Å². The van der Waals surface area contributed by atoms with Gasteiger partial charge in [0.1, 0.15) is 5.75 Å². The van der Waals surface area contributed by atoms with Gasteiger partial charge in [0.05, 0.1) is 19.2 Å². The molecular weight excluding hydrogens is 414 g/mol. The van der Waals surface area contributed by atoms with Gasteiger partial charge in [0.2, 0.25) is 5.91 Å². The molecule has 0 spiro atoms. The number of carbonyl (C=O) groups excluding carboxylic acids is 2. The SMILES string of the molecule is CC(C)COc1ccc(NC(=O)CNc2cccc(C(=O)NC(C)c3ccccc3)c2)cc1. The third-order valence-electron chi connectivity index (χ3n) is 4.95. The van der Waals surface area contributed by atoms with Crippen molar-refractivity contribution in [1.82, 2.24) is 5.32 Å². The first-order chi connectivity index (χ1) is 15.9. The number of rotatable bonds is 10. The minimum absolute atomic E-state index is 0.0804. The first kappa shape index (κ1) is 23.9. The summed E-state index contributed by atoms with van der Waals surface area (Å²) in [6.45, 7) is 6.86. The van der Waals surface area contributed by atoms with Crippen molar-refractivity contribution in [2.24, 2.45) is 5.92 Å². The number of benzene rings is 3. The zero-order valence-corrected chi connectivity index (χ0v) is 19.3. The molecule has 3 aromatic rings. The summed E-state index contributed by atoms with van der Waals surface area (Å²) >= 11 is 0. The Morgan fingerprint density at radius 3 is 2.27 bits per heavy atom. The van der Waals surface area contributed by atoms with Crippen LogP contribution in [0.3, 0.4) is 0 Å². The van der Waals surface area contributed by atoms with Crippen molar-refractivity contribution in [3.8, 4) is 5.75 Å². The second-order valence-corrected chi connectivity index (χ2v) is 8.32. The molecular formula is C27H31N3O3. The first-order valence-corrected chi connectivity index (χ1v) is 11.1. The summed E-state index contributed by atoms with van der Waals surface area (Å²) in [7, 11) is 0. The van der Waals surface area contributed by atoms with Crippen molar-refractivity contribution < 1.29 is 14.3 Å². The number of ether oxygens (including phenoxy) is 1. The van der Waals surface area contributed by atoms with E-state index in [1.54, 1.807) is 18.2 Å². The molecule has 3 aromatic carbocycles. The van der Waals surface area contributed by atoms with Crippen LogP contribution in [0.1, 0.15) is 42.7 Å². The smallest absolute Gasteiger partial charge is 0.251 e. The van der Waals surface area contributed by atoms with Crippen molar-refractivity contribution in [1.29, 1.82) is 0 Å². The molecule has 2 amide bonds. The molecule has 0 heterocycles.